The van der Waals surface area contributed by atoms with Gasteiger partial charge in [-0.25, -0.2) is 4.79 Å². The molecule has 0 N–H and O–H groups in total. The molecular weight excluding hydrogens is 457 g/mol. The molecule has 0 amide bonds. The van der Waals surface area contributed by atoms with Crippen LogP contribution < -0.4 is 14.2 Å². The molecule has 4 aliphatic rings. The number of carbonyl (C=O) groups is 1. The van der Waals surface area contributed by atoms with E-state index in [0.29, 0.717) is 29.4 Å². The summed E-state index contributed by atoms with van der Waals surface area (Å²) in [6.45, 7) is 4.04. The van der Waals surface area contributed by atoms with E-state index in [2.05, 4.69) is 11.3 Å². The van der Waals surface area contributed by atoms with Crippen molar-refractivity contribution in [3.8, 4) is 17.2 Å². The molecule has 4 nitrogen and oxygen atoms in total. The third kappa shape index (κ3) is 3.80. The molecule has 2 aromatic carbocycles. The van der Waals surface area contributed by atoms with Crippen LogP contribution in [0.5, 0.6) is 17.2 Å². The van der Waals surface area contributed by atoms with Gasteiger partial charge in [0.15, 0.2) is 11.5 Å². The van der Waals surface area contributed by atoms with Gasteiger partial charge in [-0.3, -0.25) is 0 Å². The van der Waals surface area contributed by atoms with E-state index in [0.717, 1.165) is 24.8 Å². The second kappa shape index (κ2) is 8.04. The Morgan fingerprint density at radius 2 is 1.71 bits per heavy atom. The molecule has 4 aliphatic carbocycles. The van der Waals surface area contributed by atoms with Crippen LogP contribution in [-0.4, -0.2) is 17.9 Å². The highest BCUT2D eigenvalue weighted by atomic mass is 19.4. The molecule has 0 saturated heterocycles. The van der Waals surface area contributed by atoms with Crippen molar-refractivity contribution in [1.82, 2.24) is 0 Å². The summed E-state index contributed by atoms with van der Waals surface area (Å²) in [6, 6.07) is 12.2. The molecule has 0 radical (unpaired) electrons. The van der Waals surface area contributed by atoms with Crippen LogP contribution in [0, 0.1) is 35.5 Å². The van der Waals surface area contributed by atoms with Gasteiger partial charge in [0.1, 0.15) is 11.4 Å². The van der Waals surface area contributed by atoms with Crippen LogP contribution in [0.15, 0.2) is 61.2 Å². The fourth-order valence-electron chi connectivity index (χ4n) is 7.80. The summed E-state index contributed by atoms with van der Waals surface area (Å²) >= 11 is 0. The highest BCUT2D eigenvalue weighted by Gasteiger charge is 2.67. The zero-order valence-corrected chi connectivity index (χ0v) is 19.2. The number of ether oxygens (including phenoxy) is 3. The molecule has 0 heterocycles. The number of benzene rings is 2. The first-order valence-corrected chi connectivity index (χ1v) is 12.3. The predicted octanol–water partition coefficient (Wildman–Crippen LogP) is 6.81. The zero-order valence-electron chi connectivity index (χ0n) is 19.2. The minimum Gasteiger partial charge on any atom is -0.479 e. The van der Waals surface area contributed by atoms with Gasteiger partial charge in [-0.15, -0.1) is 13.2 Å². The standard InChI is InChI=1S/C28H27F3O4/c1-2-27(15-19-13-21(27)25-17-9-8-16(12-17)24(19)25)34-23-14-18(10-11-22(23)35-28(29,30)31)26(32)33-20-6-4-3-5-7-20/h2-7,10-11,14,16-17,19,21,24-25H,1,8-9,12-13,15H2. The second-order valence-electron chi connectivity index (χ2n) is 10.5. The molecule has 4 fully saturated rings. The fraction of sp³-hybridized carbons (Fsp3) is 0.464. The zero-order chi connectivity index (χ0) is 24.4. The van der Waals surface area contributed by atoms with E-state index in [1.54, 1.807) is 36.4 Å². The van der Waals surface area contributed by atoms with E-state index in [4.69, 9.17) is 9.47 Å². The van der Waals surface area contributed by atoms with Crippen molar-refractivity contribution in [2.24, 2.45) is 35.5 Å². The largest absolute Gasteiger partial charge is 0.573 e. The fourth-order valence-corrected chi connectivity index (χ4v) is 7.80. The number of esters is 1. The van der Waals surface area contributed by atoms with Crippen LogP contribution in [0.25, 0.3) is 0 Å². The summed E-state index contributed by atoms with van der Waals surface area (Å²) in [6.07, 6.45) is 2.41. The van der Waals surface area contributed by atoms with Gasteiger partial charge in [0, 0.05) is 5.92 Å². The number of para-hydroxylation sites is 1. The van der Waals surface area contributed by atoms with E-state index in [-0.39, 0.29) is 17.2 Å². The van der Waals surface area contributed by atoms with Gasteiger partial charge in [-0.1, -0.05) is 24.8 Å². The molecule has 184 valence electrons. The van der Waals surface area contributed by atoms with Gasteiger partial charge < -0.3 is 14.2 Å². The van der Waals surface area contributed by atoms with Crippen molar-refractivity contribution in [1.29, 1.82) is 0 Å². The molecule has 0 aliphatic heterocycles. The van der Waals surface area contributed by atoms with Crippen LogP contribution in [0.1, 0.15) is 42.5 Å². The average molecular weight is 485 g/mol. The Labute approximate surface area is 202 Å². The summed E-state index contributed by atoms with van der Waals surface area (Å²) in [5.74, 6) is 2.46. The molecule has 7 heteroatoms. The maximum absolute atomic E-state index is 13.2. The van der Waals surface area contributed by atoms with E-state index < -0.39 is 23.7 Å². The Hall–Kier alpha value is -2.96. The first kappa shape index (κ1) is 22.5. The normalized spacial score (nSPS) is 34.5. The summed E-state index contributed by atoms with van der Waals surface area (Å²) in [4.78, 5) is 12.8. The van der Waals surface area contributed by atoms with Crippen LogP contribution >= 0.6 is 0 Å². The Morgan fingerprint density at radius 3 is 2.43 bits per heavy atom. The van der Waals surface area contributed by atoms with E-state index in [9.17, 15) is 18.0 Å². The van der Waals surface area contributed by atoms with Gasteiger partial charge in [-0.2, -0.15) is 0 Å². The third-order valence-electron chi connectivity index (χ3n) is 8.83. The van der Waals surface area contributed by atoms with Crippen molar-refractivity contribution < 1.29 is 32.2 Å². The van der Waals surface area contributed by atoms with Crippen molar-refractivity contribution >= 4 is 5.97 Å². The predicted molar refractivity (Wildman–Crippen MR) is 122 cm³/mol. The lowest BCUT2D eigenvalue weighted by Gasteiger charge is -2.45. The Balaban J connectivity index is 1.31. The summed E-state index contributed by atoms with van der Waals surface area (Å²) in [7, 11) is 0. The van der Waals surface area contributed by atoms with E-state index in [1.165, 1.54) is 31.4 Å². The topological polar surface area (TPSA) is 44.8 Å². The van der Waals surface area contributed by atoms with Crippen LogP contribution in [0.2, 0.25) is 0 Å². The molecule has 7 atom stereocenters. The smallest absolute Gasteiger partial charge is 0.479 e. The average Bonchev–Trinajstić information content (AvgIpc) is 3.59. The van der Waals surface area contributed by atoms with E-state index >= 15 is 0 Å². The Bertz CT molecular complexity index is 1150. The number of alkyl halides is 3. The lowest BCUT2D eigenvalue weighted by molar-refractivity contribution is -0.275. The molecule has 35 heavy (non-hydrogen) atoms. The van der Waals surface area contributed by atoms with Gasteiger partial charge in [0.05, 0.1) is 5.56 Å². The lowest BCUT2D eigenvalue weighted by Crippen LogP contribution is -2.47. The molecule has 0 aromatic heterocycles. The van der Waals surface area contributed by atoms with Gasteiger partial charge >= 0.3 is 12.3 Å². The molecule has 0 spiro atoms. The van der Waals surface area contributed by atoms with Crippen LogP contribution in [0.4, 0.5) is 13.2 Å². The SMILES string of the molecule is C=CC1(Oc2cc(C(=O)Oc3ccccc3)ccc2OC(F)(F)F)CC2CC1C1C3CCC(C3)C21. The maximum atomic E-state index is 13.2. The van der Waals surface area contributed by atoms with Crippen LogP contribution in [0.3, 0.4) is 0 Å². The third-order valence-corrected chi connectivity index (χ3v) is 8.83. The maximum Gasteiger partial charge on any atom is 0.573 e. The number of halogens is 3. The van der Waals surface area contributed by atoms with Crippen molar-refractivity contribution in [3.05, 3.63) is 66.7 Å². The number of hydrogen-bond acceptors (Lipinski definition) is 4. The molecule has 7 unspecified atom stereocenters. The quantitative estimate of drug-likeness (QED) is 0.196. The Morgan fingerprint density at radius 1 is 0.971 bits per heavy atom. The minimum absolute atomic E-state index is 0.0820. The molecule has 2 aromatic rings. The van der Waals surface area contributed by atoms with E-state index in [1.807, 2.05) is 0 Å². The van der Waals surface area contributed by atoms with Crippen LogP contribution in [-0.2, 0) is 0 Å². The van der Waals surface area contributed by atoms with Gasteiger partial charge in [-0.05, 0) is 98.1 Å². The van der Waals surface area contributed by atoms with Crippen molar-refractivity contribution in [2.45, 2.75) is 44.1 Å². The van der Waals surface area contributed by atoms with Gasteiger partial charge in [0.25, 0.3) is 0 Å². The Kier molecular flexibility index (Phi) is 5.17. The molecule has 4 saturated carbocycles. The molecule has 6 rings (SSSR count). The first-order chi connectivity index (χ1) is 16.8. The first-order valence-electron chi connectivity index (χ1n) is 12.3. The number of rotatable bonds is 6. The summed E-state index contributed by atoms with van der Waals surface area (Å²) < 4.78 is 55.7. The highest BCUT2D eigenvalue weighted by Crippen LogP contribution is 2.70. The van der Waals surface area contributed by atoms with Crippen molar-refractivity contribution in [3.63, 3.8) is 0 Å². The number of fused-ring (bicyclic) bond motifs is 9. The number of carbonyl (C=O) groups excluding carboxylic acids is 1. The second-order valence-corrected chi connectivity index (χ2v) is 10.5. The number of hydrogen-bond donors (Lipinski definition) is 0. The summed E-state index contributed by atoms with van der Waals surface area (Å²) in [5, 5.41) is 0. The summed E-state index contributed by atoms with van der Waals surface area (Å²) in [5.41, 5.74) is -0.694. The molecular formula is C28H27F3O4. The minimum atomic E-state index is -4.89. The van der Waals surface area contributed by atoms with Crippen molar-refractivity contribution in [2.75, 3.05) is 0 Å². The lowest BCUT2D eigenvalue weighted by atomic mass is 9.65. The molecule has 4 bridgehead atoms. The highest BCUT2D eigenvalue weighted by molar-refractivity contribution is 5.91. The van der Waals surface area contributed by atoms with Gasteiger partial charge in [0.2, 0.25) is 0 Å². The monoisotopic (exact) mass is 484 g/mol.